The van der Waals surface area contributed by atoms with Crippen molar-refractivity contribution in [2.45, 2.75) is 0 Å². The van der Waals surface area contributed by atoms with Gasteiger partial charge in [0.05, 0.1) is 6.61 Å². The van der Waals surface area contributed by atoms with Crippen LogP contribution >= 0.6 is 11.6 Å². The average molecular weight is 442 g/mol. The van der Waals surface area contributed by atoms with Gasteiger partial charge in [0.15, 0.2) is 29.1 Å². The normalized spacial score (nSPS) is 10.2. The van der Waals surface area contributed by atoms with Gasteiger partial charge < -0.3 is 25.1 Å². The standard InChI is InChI=1S/C20H16ClN5O5/c21-11-30-14-3-1-2-4-15(14)31-17-16(18(23)28)25-19(26-20(17)29-8-7-27)12-5-6-24-13(9-12)10-22/h1-6,9,27H,7-8,11H2,(H2,23,28). The fourth-order valence-corrected chi connectivity index (χ4v) is 2.63. The highest BCUT2D eigenvalue weighted by atomic mass is 35.5. The smallest absolute Gasteiger partial charge is 0.271 e. The fraction of sp³-hybridized carbons (Fsp3) is 0.150. The van der Waals surface area contributed by atoms with Crippen LogP contribution in [0, 0.1) is 11.3 Å². The number of rotatable bonds is 9. The molecule has 0 fully saturated rings. The Morgan fingerprint density at radius 2 is 1.97 bits per heavy atom. The number of ether oxygens (including phenoxy) is 3. The zero-order valence-corrected chi connectivity index (χ0v) is 16.7. The summed E-state index contributed by atoms with van der Waals surface area (Å²) in [5.41, 5.74) is 5.80. The number of carbonyl (C=O) groups excluding carboxylic acids is 1. The lowest BCUT2D eigenvalue weighted by atomic mass is 10.2. The highest BCUT2D eigenvalue weighted by molar-refractivity contribution is 6.17. The van der Waals surface area contributed by atoms with E-state index < -0.39 is 5.91 Å². The first-order valence-electron chi connectivity index (χ1n) is 8.85. The molecule has 1 amide bonds. The first kappa shape index (κ1) is 21.8. The van der Waals surface area contributed by atoms with Gasteiger partial charge in [0.1, 0.15) is 18.4 Å². The second-order valence-electron chi connectivity index (χ2n) is 5.81. The third-order valence-electron chi connectivity index (χ3n) is 3.80. The molecule has 1 aromatic carbocycles. The van der Waals surface area contributed by atoms with Crippen LogP contribution < -0.4 is 19.9 Å². The summed E-state index contributed by atoms with van der Waals surface area (Å²) in [7, 11) is 0. The van der Waals surface area contributed by atoms with Crippen LogP contribution in [0.25, 0.3) is 11.4 Å². The number of amides is 1. The van der Waals surface area contributed by atoms with Crippen molar-refractivity contribution in [3.8, 4) is 40.6 Å². The number of para-hydroxylation sites is 2. The van der Waals surface area contributed by atoms with E-state index in [2.05, 4.69) is 15.0 Å². The van der Waals surface area contributed by atoms with Crippen molar-refractivity contribution in [1.29, 1.82) is 5.26 Å². The number of hydrogen-bond acceptors (Lipinski definition) is 9. The molecule has 3 rings (SSSR count). The van der Waals surface area contributed by atoms with Crippen LogP contribution in [0.4, 0.5) is 0 Å². The summed E-state index contributed by atoms with van der Waals surface area (Å²) >= 11 is 5.65. The van der Waals surface area contributed by atoms with E-state index in [0.29, 0.717) is 11.3 Å². The van der Waals surface area contributed by atoms with E-state index >= 15 is 0 Å². The third kappa shape index (κ3) is 5.16. The van der Waals surface area contributed by atoms with E-state index in [1.54, 1.807) is 30.3 Å². The molecule has 2 aromatic heterocycles. The van der Waals surface area contributed by atoms with Crippen LogP contribution in [0.15, 0.2) is 42.6 Å². The Morgan fingerprint density at radius 1 is 1.19 bits per heavy atom. The van der Waals surface area contributed by atoms with Crippen LogP contribution in [0.2, 0.25) is 0 Å². The maximum Gasteiger partial charge on any atom is 0.271 e. The Kier molecular flexibility index (Phi) is 7.16. The average Bonchev–Trinajstić information content (AvgIpc) is 2.79. The molecule has 11 heteroatoms. The Labute approximate surface area is 181 Å². The van der Waals surface area contributed by atoms with Gasteiger partial charge in [-0.05, 0) is 24.3 Å². The molecule has 0 aliphatic carbocycles. The molecule has 158 valence electrons. The van der Waals surface area contributed by atoms with Crippen LogP contribution in [-0.2, 0) is 0 Å². The number of carbonyl (C=O) groups is 1. The molecule has 2 heterocycles. The minimum Gasteiger partial charge on any atom is -0.474 e. The number of halogens is 1. The summed E-state index contributed by atoms with van der Waals surface area (Å²) in [6.45, 7) is -0.449. The van der Waals surface area contributed by atoms with Crippen LogP contribution in [0.1, 0.15) is 16.2 Å². The summed E-state index contributed by atoms with van der Waals surface area (Å²) in [5, 5.41) is 18.3. The zero-order valence-electron chi connectivity index (χ0n) is 16.0. The number of primary amides is 1. The van der Waals surface area contributed by atoms with Crippen molar-refractivity contribution < 1.29 is 24.1 Å². The summed E-state index contributed by atoms with van der Waals surface area (Å²) in [6, 6.07) is 11.4. The topological polar surface area (TPSA) is 153 Å². The van der Waals surface area contributed by atoms with Gasteiger partial charge in [0.2, 0.25) is 5.75 Å². The van der Waals surface area contributed by atoms with Gasteiger partial charge in [-0.3, -0.25) is 4.79 Å². The number of nitriles is 1. The molecule has 0 radical (unpaired) electrons. The molecule has 3 aromatic rings. The molecule has 0 saturated heterocycles. The molecular weight excluding hydrogens is 426 g/mol. The minimum absolute atomic E-state index is 0.0540. The predicted molar refractivity (Wildman–Crippen MR) is 109 cm³/mol. The number of nitrogens with zero attached hydrogens (tertiary/aromatic N) is 4. The lowest BCUT2D eigenvalue weighted by Gasteiger charge is -2.16. The van der Waals surface area contributed by atoms with Crippen molar-refractivity contribution in [3.63, 3.8) is 0 Å². The van der Waals surface area contributed by atoms with Gasteiger partial charge in [0.25, 0.3) is 11.8 Å². The quantitative estimate of drug-likeness (QED) is 0.475. The molecular formula is C20H16ClN5O5. The SMILES string of the molecule is N#Cc1cc(-c2nc(OCCO)c(Oc3ccccc3OCCl)c(C(N)=O)n2)ccn1. The number of benzene rings is 1. The number of hydrogen-bond donors (Lipinski definition) is 2. The largest absolute Gasteiger partial charge is 0.474 e. The first-order valence-corrected chi connectivity index (χ1v) is 9.38. The molecule has 0 aliphatic heterocycles. The molecule has 0 saturated carbocycles. The van der Waals surface area contributed by atoms with Gasteiger partial charge in [-0.25, -0.2) is 9.97 Å². The molecule has 10 nitrogen and oxygen atoms in total. The maximum absolute atomic E-state index is 12.2. The van der Waals surface area contributed by atoms with Crippen LogP contribution in [0.3, 0.4) is 0 Å². The molecule has 0 spiro atoms. The number of aromatic nitrogens is 3. The number of aliphatic hydroxyl groups excluding tert-OH is 1. The van der Waals surface area contributed by atoms with E-state index in [1.165, 1.54) is 12.3 Å². The first-order chi connectivity index (χ1) is 15.1. The highest BCUT2D eigenvalue weighted by Crippen LogP contribution is 2.38. The van der Waals surface area contributed by atoms with E-state index in [4.69, 9.17) is 36.8 Å². The van der Waals surface area contributed by atoms with E-state index in [9.17, 15) is 9.90 Å². The zero-order chi connectivity index (χ0) is 22.2. The lowest BCUT2D eigenvalue weighted by molar-refractivity contribution is 0.0991. The summed E-state index contributed by atoms with van der Waals surface area (Å²) in [5.74, 6) is -0.630. The van der Waals surface area contributed by atoms with Crippen molar-refractivity contribution in [3.05, 3.63) is 54.0 Å². The van der Waals surface area contributed by atoms with Crippen molar-refractivity contribution in [2.24, 2.45) is 5.73 Å². The lowest BCUT2D eigenvalue weighted by Crippen LogP contribution is -2.17. The second kappa shape index (κ2) is 10.2. The fourth-order valence-electron chi connectivity index (χ4n) is 2.51. The van der Waals surface area contributed by atoms with Gasteiger partial charge in [0, 0.05) is 11.8 Å². The van der Waals surface area contributed by atoms with E-state index in [-0.39, 0.29) is 53.9 Å². The molecule has 3 N–H and O–H groups in total. The predicted octanol–water partition coefficient (Wildman–Crippen LogP) is 2.25. The Morgan fingerprint density at radius 3 is 2.65 bits per heavy atom. The summed E-state index contributed by atoms with van der Waals surface area (Å²) < 4.78 is 16.6. The van der Waals surface area contributed by atoms with Crippen molar-refractivity contribution >= 4 is 17.5 Å². The number of nitrogens with two attached hydrogens (primary N) is 1. The van der Waals surface area contributed by atoms with Crippen molar-refractivity contribution in [1.82, 2.24) is 15.0 Å². The Hall–Kier alpha value is -3.94. The molecule has 0 atom stereocenters. The van der Waals surface area contributed by atoms with Crippen LogP contribution in [-0.4, -0.2) is 45.2 Å². The molecule has 31 heavy (non-hydrogen) atoms. The van der Waals surface area contributed by atoms with Crippen molar-refractivity contribution in [2.75, 3.05) is 19.3 Å². The van der Waals surface area contributed by atoms with Gasteiger partial charge >= 0.3 is 0 Å². The van der Waals surface area contributed by atoms with Gasteiger partial charge in [-0.15, -0.1) is 0 Å². The highest BCUT2D eigenvalue weighted by Gasteiger charge is 2.24. The van der Waals surface area contributed by atoms with Gasteiger partial charge in [-0.1, -0.05) is 23.7 Å². The van der Waals surface area contributed by atoms with Gasteiger partial charge in [-0.2, -0.15) is 10.2 Å². The molecule has 0 unspecified atom stereocenters. The summed E-state index contributed by atoms with van der Waals surface area (Å²) in [6.07, 6.45) is 1.40. The Bertz CT molecular complexity index is 1140. The number of pyridine rings is 1. The summed E-state index contributed by atoms with van der Waals surface area (Å²) in [4.78, 5) is 24.6. The van der Waals surface area contributed by atoms with E-state index in [0.717, 1.165) is 0 Å². The maximum atomic E-state index is 12.2. The second-order valence-corrected chi connectivity index (χ2v) is 6.03. The number of aliphatic hydroxyl groups is 1. The molecule has 0 aliphatic rings. The molecule has 0 bridgehead atoms. The van der Waals surface area contributed by atoms with E-state index in [1.807, 2.05) is 6.07 Å². The monoisotopic (exact) mass is 441 g/mol. The van der Waals surface area contributed by atoms with Crippen LogP contribution in [0.5, 0.6) is 23.1 Å². The third-order valence-corrected chi connectivity index (χ3v) is 3.91. The Balaban J connectivity index is 2.15. The number of alkyl halides is 1. The minimum atomic E-state index is -0.905.